The lowest BCUT2D eigenvalue weighted by Crippen LogP contribution is -2.44. The highest BCUT2D eigenvalue weighted by Gasteiger charge is 2.25. The predicted octanol–water partition coefficient (Wildman–Crippen LogP) is -0.574. The highest BCUT2D eigenvalue weighted by atomic mass is 16.4. The molecule has 1 saturated heterocycles. The number of aliphatic carboxylic acids is 1. The van der Waals surface area contributed by atoms with E-state index in [0.717, 1.165) is 32.6 Å². The lowest BCUT2D eigenvalue weighted by atomic mass is 10.1. The summed E-state index contributed by atoms with van der Waals surface area (Å²) in [6, 6.07) is -0.401. The smallest absolute Gasteiger partial charge is 0.320 e. The van der Waals surface area contributed by atoms with E-state index in [0.29, 0.717) is 13.0 Å². The highest BCUT2D eigenvalue weighted by Crippen LogP contribution is 2.09. The van der Waals surface area contributed by atoms with Crippen molar-refractivity contribution in [2.24, 2.45) is 5.73 Å². The Morgan fingerprint density at radius 2 is 2.13 bits per heavy atom. The van der Waals surface area contributed by atoms with Crippen LogP contribution in [0.5, 0.6) is 0 Å². The Morgan fingerprint density at radius 1 is 1.40 bits per heavy atom. The summed E-state index contributed by atoms with van der Waals surface area (Å²) in [4.78, 5) is 15.3. The molecule has 0 radical (unpaired) electrons. The second kappa shape index (κ2) is 6.05. The zero-order valence-corrected chi connectivity index (χ0v) is 9.35. The molecule has 15 heavy (non-hydrogen) atoms. The van der Waals surface area contributed by atoms with Crippen LogP contribution in [0.2, 0.25) is 0 Å². The van der Waals surface area contributed by atoms with Crippen LogP contribution in [0, 0.1) is 0 Å². The van der Waals surface area contributed by atoms with Gasteiger partial charge in [-0.05, 0) is 33.0 Å². The first-order chi connectivity index (χ1) is 7.15. The van der Waals surface area contributed by atoms with Crippen LogP contribution in [0.1, 0.15) is 12.8 Å². The number of rotatable bonds is 4. The molecule has 5 heteroatoms. The Labute approximate surface area is 90.8 Å². The fourth-order valence-electron chi connectivity index (χ4n) is 2.00. The molecule has 0 bridgehead atoms. The summed E-state index contributed by atoms with van der Waals surface area (Å²) in [5.74, 6) is -0.745. The van der Waals surface area contributed by atoms with Crippen molar-refractivity contribution in [1.29, 1.82) is 0 Å². The molecule has 1 fully saturated rings. The van der Waals surface area contributed by atoms with E-state index in [-0.39, 0.29) is 0 Å². The molecule has 0 aromatic rings. The molecule has 1 unspecified atom stereocenters. The van der Waals surface area contributed by atoms with Crippen LogP contribution in [0.4, 0.5) is 0 Å². The molecule has 0 aromatic heterocycles. The Kier molecular flexibility index (Phi) is 5.01. The number of carboxylic acids is 1. The molecule has 0 aliphatic carbocycles. The van der Waals surface area contributed by atoms with Crippen molar-refractivity contribution in [3.63, 3.8) is 0 Å². The van der Waals surface area contributed by atoms with Gasteiger partial charge in [0.05, 0.1) is 0 Å². The number of hydrogen-bond acceptors (Lipinski definition) is 4. The van der Waals surface area contributed by atoms with Gasteiger partial charge in [0.1, 0.15) is 6.04 Å². The van der Waals surface area contributed by atoms with E-state index >= 15 is 0 Å². The molecule has 5 nitrogen and oxygen atoms in total. The van der Waals surface area contributed by atoms with Crippen molar-refractivity contribution >= 4 is 5.97 Å². The SMILES string of the molecule is CN1CCCN(C(CCN)C(=O)O)CC1. The normalized spacial score (nSPS) is 22.3. The maximum Gasteiger partial charge on any atom is 0.320 e. The number of carbonyl (C=O) groups is 1. The van der Waals surface area contributed by atoms with E-state index < -0.39 is 12.0 Å². The number of nitrogens with two attached hydrogens (primary N) is 1. The minimum Gasteiger partial charge on any atom is -0.480 e. The van der Waals surface area contributed by atoms with E-state index in [4.69, 9.17) is 10.8 Å². The largest absolute Gasteiger partial charge is 0.480 e. The summed E-state index contributed by atoms with van der Waals surface area (Å²) in [6.07, 6.45) is 1.57. The van der Waals surface area contributed by atoms with Crippen LogP contribution >= 0.6 is 0 Å². The standard InChI is InChI=1S/C10H21N3O2/c1-12-5-2-6-13(8-7-12)9(3-4-11)10(14)15/h9H,2-8,11H2,1H3,(H,14,15). The molecule has 1 atom stereocenters. The molecule has 1 aliphatic heterocycles. The van der Waals surface area contributed by atoms with Crippen LogP contribution in [-0.4, -0.2) is 66.7 Å². The number of likely N-dealkylation sites (N-methyl/N-ethyl adjacent to an activating group) is 1. The maximum absolute atomic E-state index is 11.1. The second-order valence-electron chi connectivity index (χ2n) is 4.12. The molecule has 3 N–H and O–H groups in total. The van der Waals surface area contributed by atoms with Gasteiger partial charge in [0, 0.05) is 19.6 Å². The van der Waals surface area contributed by atoms with Crippen molar-refractivity contribution in [1.82, 2.24) is 9.80 Å². The molecular weight excluding hydrogens is 194 g/mol. The third-order valence-electron chi connectivity index (χ3n) is 2.92. The molecular formula is C10H21N3O2. The third-order valence-corrected chi connectivity index (χ3v) is 2.92. The van der Waals surface area contributed by atoms with Gasteiger partial charge >= 0.3 is 5.97 Å². The maximum atomic E-state index is 11.1. The van der Waals surface area contributed by atoms with E-state index in [2.05, 4.69) is 11.9 Å². The fraction of sp³-hybridized carbons (Fsp3) is 0.900. The fourth-order valence-corrected chi connectivity index (χ4v) is 2.00. The Balaban J connectivity index is 2.54. The van der Waals surface area contributed by atoms with E-state index in [1.165, 1.54) is 0 Å². The van der Waals surface area contributed by atoms with Crippen LogP contribution in [0.15, 0.2) is 0 Å². The van der Waals surface area contributed by atoms with Crippen LogP contribution in [0.25, 0.3) is 0 Å². The molecule has 88 valence electrons. The Morgan fingerprint density at radius 3 is 2.73 bits per heavy atom. The zero-order valence-electron chi connectivity index (χ0n) is 9.35. The monoisotopic (exact) mass is 215 g/mol. The lowest BCUT2D eigenvalue weighted by Gasteiger charge is -2.26. The molecule has 0 amide bonds. The zero-order chi connectivity index (χ0) is 11.3. The third kappa shape index (κ3) is 3.77. The average molecular weight is 215 g/mol. The minimum absolute atomic E-state index is 0.401. The van der Waals surface area contributed by atoms with Crippen molar-refractivity contribution in [3.8, 4) is 0 Å². The molecule has 1 rings (SSSR count). The lowest BCUT2D eigenvalue weighted by molar-refractivity contribution is -0.143. The highest BCUT2D eigenvalue weighted by molar-refractivity contribution is 5.73. The first-order valence-electron chi connectivity index (χ1n) is 5.50. The van der Waals surface area contributed by atoms with Gasteiger partial charge in [-0.3, -0.25) is 9.69 Å². The topological polar surface area (TPSA) is 69.8 Å². The molecule has 1 aliphatic rings. The predicted molar refractivity (Wildman–Crippen MR) is 58.8 cm³/mol. The Bertz CT molecular complexity index is 211. The van der Waals surface area contributed by atoms with Gasteiger partial charge in [-0.15, -0.1) is 0 Å². The van der Waals surface area contributed by atoms with E-state index in [1.54, 1.807) is 0 Å². The average Bonchev–Trinajstić information content (AvgIpc) is 2.39. The number of carboxylic acid groups (broad SMARTS) is 1. The van der Waals surface area contributed by atoms with Gasteiger partial charge < -0.3 is 15.7 Å². The van der Waals surface area contributed by atoms with Gasteiger partial charge in [0.2, 0.25) is 0 Å². The summed E-state index contributed by atoms with van der Waals surface area (Å²) in [5, 5.41) is 9.10. The van der Waals surface area contributed by atoms with Crippen LogP contribution in [-0.2, 0) is 4.79 Å². The molecule has 0 spiro atoms. The molecule has 0 aromatic carbocycles. The van der Waals surface area contributed by atoms with E-state index in [1.807, 2.05) is 4.90 Å². The summed E-state index contributed by atoms with van der Waals surface area (Å²) < 4.78 is 0. The summed E-state index contributed by atoms with van der Waals surface area (Å²) in [5.41, 5.74) is 5.44. The second-order valence-corrected chi connectivity index (χ2v) is 4.12. The van der Waals surface area contributed by atoms with E-state index in [9.17, 15) is 4.79 Å². The van der Waals surface area contributed by atoms with Crippen molar-refractivity contribution in [2.45, 2.75) is 18.9 Å². The van der Waals surface area contributed by atoms with Gasteiger partial charge in [0.25, 0.3) is 0 Å². The van der Waals surface area contributed by atoms with Gasteiger partial charge in [-0.1, -0.05) is 0 Å². The molecule has 0 saturated carbocycles. The summed E-state index contributed by atoms with van der Waals surface area (Å²) in [7, 11) is 2.07. The molecule has 1 heterocycles. The van der Waals surface area contributed by atoms with Crippen molar-refractivity contribution in [3.05, 3.63) is 0 Å². The van der Waals surface area contributed by atoms with Crippen molar-refractivity contribution in [2.75, 3.05) is 39.8 Å². The number of nitrogens with zero attached hydrogens (tertiary/aromatic N) is 2. The summed E-state index contributed by atoms with van der Waals surface area (Å²) >= 11 is 0. The van der Waals surface area contributed by atoms with Crippen molar-refractivity contribution < 1.29 is 9.90 Å². The minimum atomic E-state index is -0.745. The van der Waals surface area contributed by atoms with Gasteiger partial charge in [-0.25, -0.2) is 0 Å². The van der Waals surface area contributed by atoms with Crippen LogP contribution in [0.3, 0.4) is 0 Å². The Hall–Kier alpha value is -0.650. The summed E-state index contributed by atoms with van der Waals surface area (Å²) in [6.45, 7) is 4.11. The van der Waals surface area contributed by atoms with Gasteiger partial charge in [0.15, 0.2) is 0 Å². The van der Waals surface area contributed by atoms with Gasteiger partial charge in [-0.2, -0.15) is 0 Å². The first kappa shape index (κ1) is 12.4. The van der Waals surface area contributed by atoms with Crippen LogP contribution < -0.4 is 5.73 Å². The number of hydrogen-bond donors (Lipinski definition) is 2. The first-order valence-corrected chi connectivity index (χ1v) is 5.50. The quantitative estimate of drug-likeness (QED) is 0.657.